The molecule has 1 amide bonds. The van der Waals surface area contributed by atoms with Crippen LogP contribution in [-0.4, -0.2) is 11.2 Å². The summed E-state index contributed by atoms with van der Waals surface area (Å²) in [5.41, 5.74) is 2.17. The van der Waals surface area contributed by atoms with Crippen LogP contribution in [0.5, 0.6) is 0 Å². The first kappa shape index (κ1) is 16.9. The van der Waals surface area contributed by atoms with Crippen LogP contribution in [0.1, 0.15) is 30.2 Å². The molecule has 0 spiro atoms. The van der Waals surface area contributed by atoms with Gasteiger partial charge in [-0.2, -0.15) is 0 Å². The summed E-state index contributed by atoms with van der Waals surface area (Å²) >= 11 is 7.75. The molecule has 0 saturated heterocycles. The molecule has 0 fully saturated rings. The molecule has 0 saturated carbocycles. The Labute approximate surface area is 141 Å². The molecule has 0 aliphatic rings. The maximum Gasteiger partial charge on any atom is 0.233 e. The topological polar surface area (TPSA) is 29.1 Å². The number of benzene rings is 2. The SMILES string of the molecule is CC(SC(C)c1ccccc1)C(=O)NCc1ccccc1Cl. The average Bonchev–Trinajstić information content (AvgIpc) is 2.54. The summed E-state index contributed by atoms with van der Waals surface area (Å²) in [5.74, 6) is 0.0349. The van der Waals surface area contributed by atoms with Gasteiger partial charge >= 0.3 is 0 Å². The molecule has 4 heteroatoms. The van der Waals surface area contributed by atoms with E-state index in [-0.39, 0.29) is 16.4 Å². The molecule has 0 radical (unpaired) electrons. The first-order chi connectivity index (χ1) is 10.6. The Balaban J connectivity index is 1.86. The fraction of sp³-hybridized carbons (Fsp3) is 0.278. The van der Waals surface area contributed by atoms with E-state index in [4.69, 9.17) is 11.6 Å². The Morgan fingerprint density at radius 3 is 2.41 bits per heavy atom. The Morgan fingerprint density at radius 1 is 1.09 bits per heavy atom. The minimum atomic E-state index is -0.113. The predicted octanol–water partition coefficient (Wildman–Crippen LogP) is 4.84. The highest BCUT2D eigenvalue weighted by Crippen LogP contribution is 2.31. The molecule has 0 heterocycles. The standard InChI is InChI=1S/C18H20ClNOS/c1-13(15-8-4-3-5-9-15)22-14(2)18(21)20-12-16-10-6-7-11-17(16)19/h3-11,13-14H,12H2,1-2H3,(H,20,21). The molecular formula is C18H20ClNOS. The van der Waals surface area contributed by atoms with Gasteiger partial charge in [-0.05, 0) is 31.0 Å². The van der Waals surface area contributed by atoms with Crippen molar-refractivity contribution in [2.75, 3.05) is 0 Å². The van der Waals surface area contributed by atoms with Crippen molar-refractivity contribution in [3.63, 3.8) is 0 Å². The van der Waals surface area contributed by atoms with Crippen LogP contribution in [0, 0.1) is 0 Å². The van der Waals surface area contributed by atoms with Gasteiger partial charge in [-0.1, -0.05) is 60.1 Å². The van der Waals surface area contributed by atoms with E-state index in [1.807, 2.05) is 49.4 Å². The number of carbonyl (C=O) groups is 1. The zero-order valence-corrected chi connectivity index (χ0v) is 14.3. The van der Waals surface area contributed by atoms with Crippen molar-refractivity contribution in [2.24, 2.45) is 0 Å². The predicted molar refractivity (Wildman–Crippen MR) is 95.2 cm³/mol. The molecule has 2 atom stereocenters. The lowest BCUT2D eigenvalue weighted by molar-refractivity contribution is -0.120. The van der Waals surface area contributed by atoms with E-state index >= 15 is 0 Å². The van der Waals surface area contributed by atoms with Crippen molar-refractivity contribution >= 4 is 29.3 Å². The molecule has 2 unspecified atom stereocenters. The van der Waals surface area contributed by atoms with E-state index in [0.717, 1.165) is 5.56 Å². The molecule has 116 valence electrons. The monoisotopic (exact) mass is 333 g/mol. The minimum Gasteiger partial charge on any atom is -0.351 e. The number of nitrogens with one attached hydrogen (secondary N) is 1. The number of amides is 1. The fourth-order valence-electron chi connectivity index (χ4n) is 2.14. The lowest BCUT2D eigenvalue weighted by Crippen LogP contribution is -2.30. The maximum atomic E-state index is 12.2. The van der Waals surface area contributed by atoms with Crippen LogP contribution in [0.15, 0.2) is 54.6 Å². The van der Waals surface area contributed by atoms with Crippen LogP contribution in [0.2, 0.25) is 5.02 Å². The van der Waals surface area contributed by atoms with Crippen molar-refractivity contribution in [2.45, 2.75) is 30.9 Å². The third-order valence-electron chi connectivity index (χ3n) is 3.46. The largest absolute Gasteiger partial charge is 0.351 e. The van der Waals surface area contributed by atoms with E-state index in [2.05, 4.69) is 24.4 Å². The molecule has 22 heavy (non-hydrogen) atoms. The second kappa shape index (κ2) is 8.25. The van der Waals surface area contributed by atoms with Crippen LogP contribution in [-0.2, 0) is 11.3 Å². The lowest BCUT2D eigenvalue weighted by Gasteiger charge is -2.17. The molecule has 0 aromatic heterocycles. The third-order valence-corrected chi connectivity index (χ3v) is 5.13. The molecule has 2 rings (SSSR count). The molecule has 2 nitrogen and oxygen atoms in total. The van der Waals surface area contributed by atoms with E-state index in [9.17, 15) is 4.79 Å². The average molecular weight is 334 g/mol. The van der Waals surface area contributed by atoms with Crippen LogP contribution < -0.4 is 5.32 Å². The van der Waals surface area contributed by atoms with E-state index < -0.39 is 0 Å². The van der Waals surface area contributed by atoms with Gasteiger partial charge in [0.2, 0.25) is 5.91 Å². The fourth-order valence-corrected chi connectivity index (χ4v) is 3.47. The maximum absolute atomic E-state index is 12.2. The molecule has 0 aliphatic heterocycles. The highest BCUT2D eigenvalue weighted by molar-refractivity contribution is 8.00. The molecule has 0 aliphatic carbocycles. The van der Waals surface area contributed by atoms with Gasteiger partial charge in [-0.3, -0.25) is 4.79 Å². The zero-order valence-electron chi connectivity index (χ0n) is 12.8. The number of hydrogen-bond donors (Lipinski definition) is 1. The zero-order chi connectivity index (χ0) is 15.9. The molecule has 1 N–H and O–H groups in total. The van der Waals surface area contributed by atoms with Crippen molar-refractivity contribution < 1.29 is 4.79 Å². The summed E-state index contributed by atoms with van der Waals surface area (Å²) in [6, 6.07) is 17.8. The smallest absolute Gasteiger partial charge is 0.233 e. The Hall–Kier alpha value is -1.45. The van der Waals surface area contributed by atoms with Gasteiger partial charge in [-0.25, -0.2) is 0 Å². The normalized spacial score (nSPS) is 13.4. The van der Waals surface area contributed by atoms with Gasteiger partial charge in [-0.15, -0.1) is 11.8 Å². The lowest BCUT2D eigenvalue weighted by atomic mass is 10.2. The first-order valence-corrected chi connectivity index (χ1v) is 8.61. The Bertz CT molecular complexity index is 617. The first-order valence-electron chi connectivity index (χ1n) is 7.29. The summed E-state index contributed by atoms with van der Waals surface area (Å²) in [4.78, 5) is 12.2. The van der Waals surface area contributed by atoms with Gasteiger partial charge in [0.15, 0.2) is 0 Å². The van der Waals surface area contributed by atoms with Gasteiger partial charge in [0.25, 0.3) is 0 Å². The second-order valence-corrected chi connectivity index (χ2v) is 7.23. The number of carbonyl (C=O) groups excluding carboxylic acids is 1. The van der Waals surface area contributed by atoms with Gasteiger partial charge < -0.3 is 5.32 Å². The van der Waals surface area contributed by atoms with Gasteiger partial charge in [0, 0.05) is 16.8 Å². The number of thioether (sulfide) groups is 1. The minimum absolute atomic E-state index is 0.0349. The van der Waals surface area contributed by atoms with E-state index in [1.165, 1.54) is 5.56 Å². The van der Waals surface area contributed by atoms with Gasteiger partial charge in [0.05, 0.1) is 5.25 Å². The summed E-state index contributed by atoms with van der Waals surface area (Å²) in [7, 11) is 0. The molecule has 2 aromatic rings. The van der Waals surface area contributed by atoms with Crippen molar-refractivity contribution in [3.05, 3.63) is 70.7 Å². The summed E-state index contributed by atoms with van der Waals surface area (Å²) in [6.45, 7) is 4.52. The third kappa shape index (κ3) is 4.79. The van der Waals surface area contributed by atoms with E-state index in [0.29, 0.717) is 11.6 Å². The molecule has 2 aromatic carbocycles. The van der Waals surface area contributed by atoms with Crippen molar-refractivity contribution in [1.82, 2.24) is 5.32 Å². The van der Waals surface area contributed by atoms with Crippen LogP contribution >= 0.6 is 23.4 Å². The Kier molecular flexibility index (Phi) is 6.34. The van der Waals surface area contributed by atoms with Crippen LogP contribution in [0.25, 0.3) is 0 Å². The molecule has 0 bridgehead atoms. The van der Waals surface area contributed by atoms with Crippen molar-refractivity contribution in [1.29, 1.82) is 0 Å². The van der Waals surface area contributed by atoms with Gasteiger partial charge in [0.1, 0.15) is 0 Å². The molecular weight excluding hydrogens is 314 g/mol. The summed E-state index contributed by atoms with van der Waals surface area (Å²) in [5, 5.41) is 3.80. The highest BCUT2D eigenvalue weighted by atomic mass is 35.5. The number of halogens is 1. The number of rotatable bonds is 6. The summed E-state index contributed by atoms with van der Waals surface area (Å²) in [6.07, 6.45) is 0. The van der Waals surface area contributed by atoms with Crippen LogP contribution in [0.3, 0.4) is 0 Å². The second-order valence-electron chi connectivity index (χ2n) is 5.14. The Morgan fingerprint density at radius 2 is 1.73 bits per heavy atom. The van der Waals surface area contributed by atoms with E-state index in [1.54, 1.807) is 11.8 Å². The van der Waals surface area contributed by atoms with Crippen molar-refractivity contribution in [3.8, 4) is 0 Å². The highest BCUT2D eigenvalue weighted by Gasteiger charge is 2.17. The quantitative estimate of drug-likeness (QED) is 0.819. The number of hydrogen-bond acceptors (Lipinski definition) is 2. The summed E-state index contributed by atoms with van der Waals surface area (Å²) < 4.78 is 0. The van der Waals surface area contributed by atoms with Crippen LogP contribution in [0.4, 0.5) is 0 Å².